The van der Waals surface area contributed by atoms with Crippen LogP contribution >= 0.6 is 0 Å². The highest BCUT2D eigenvalue weighted by molar-refractivity contribution is 5.97. The zero-order chi connectivity index (χ0) is 19.1. The van der Waals surface area contributed by atoms with Crippen molar-refractivity contribution < 1.29 is 9.59 Å². The molecule has 0 aromatic carbocycles. The van der Waals surface area contributed by atoms with Crippen LogP contribution in [0, 0.1) is 12.3 Å². The molecular formula is C19H31N5O2. The number of carbonyl (C=O) groups is 2. The Hall–Kier alpha value is -1.89. The molecule has 2 aliphatic rings. The molecule has 1 aromatic rings. The van der Waals surface area contributed by atoms with Crippen molar-refractivity contribution >= 4 is 17.6 Å². The van der Waals surface area contributed by atoms with E-state index in [1.807, 2.05) is 50.6 Å². The monoisotopic (exact) mass is 361 g/mol. The lowest BCUT2D eigenvalue weighted by atomic mass is 9.94. The van der Waals surface area contributed by atoms with Crippen molar-refractivity contribution in [3.05, 3.63) is 11.8 Å². The molecule has 2 saturated heterocycles. The van der Waals surface area contributed by atoms with Crippen molar-refractivity contribution in [2.45, 2.75) is 46.6 Å². The summed E-state index contributed by atoms with van der Waals surface area (Å²) >= 11 is 0. The second kappa shape index (κ2) is 7.02. The molecular weight excluding hydrogens is 330 g/mol. The first-order chi connectivity index (χ1) is 12.2. The topological polar surface area (TPSA) is 61.7 Å². The van der Waals surface area contributed by atoms with Crippen LogP contribution in [0.1, 0.15) is 39.3 Å². The van der Waals surface area contributed by atoms with Gasteiger partial charge in [-0.25, -0.2) is 0 Å². The molecule has 2 aliphatic heterocycles. The molecule has 0 N–H and O–H groups in total. The van der Waals surface area contributed by atoms with Crippen molar-refractivity contribution in [2.75, 3.05) is 37.6 Å². The molecule has 0 radical (unpaired) electrons. The summed E-state index contributed by atoms with van der Waals surface area (Å²) in [4.78, 5) is 31.7. The molecule has 7 nitrogen and oxygen atoms in total. The van der Waals surface area contributed by atoms with Gasteiger partial charge in [0.15, 0.2) is 0 Å². The van der Waals surface area contributed by atoms with E-state index in [9.17, 15) is 9.59 Å². The van der Waals surface area contributed by atoms with Gasteiger partial charge >= 0.3 is 0 Å². The average molecular weight is 361 g/mol. The standard InChI is InChI=1S/C19H31N5O2/c1-14-13-16(21(5)20-14)24-8-6-7-15(17(24)25)22-9-11-23(12-10-22)18(26)19(2,3)4/h13,15H,6-12H2,1-5H3/t15-/m1/s1. The van der Waals surface area contributed by atoms with Gasteiger partial charge in [-0.3, -0.25) is 24.1 Å². The van der Waals surface area contributed by atoms with E-state index < -0.39 is 0 Å². The molecule has 7 heteroatoms. The van der Waals surface area contributed by atoms with E-state index in [1.165, 1.54) is 0 Å². The van der Waals surface area contributed by atoms with E-state index in [1.54, 1.807) is 4.68 Å². The highest BCUT2D eigenvalue weighted by Gasteiger charge is 2.38. The minimum absolute atomic E-state index is 0.0918. The minimum atomic E-state index is -0.350. The molecule has 1 aromatic heterocycles. The van der Waals surface area contributed by atoms with Gasteiger partial charge in [0.25, 0.3) is 0 Å². The van der Waals surface area contributed by atoms with Gasteiger partial charge in [-0.05, 0) is 19.8 Å². The number of aromatic nitrogens is 2. The fourth-order valence-corrected chi connectivity index (χ4v) is 3.98. The quantitative estimate of drug-likeness (QED) is 0.799. The van der Waals surface area contributed by atoms with Crippen LogP contribution in [0.25, 0.3) is 0 Å². The smallest absolute Gasteiger partial charge is 0.245 e. The van der Waals surface area contributed by atoms with Crippen molar-refractivity contribution in [3.8, 4) is 0 Å². The molecule has 1 atom stereocenters. The summed E-state index contributed by atoms with van der Waals surface area (Å²) < 4.78 is 1.79. The first-order valence-electron chi connectivity index (χ1n) is 9.54. The number of carbonyl (C=O) groups excluding carboxylic acids is 2. The molecule has 2 amide bonds. The lowest BCUT2D eigenvalue weighted by molar-refractivity contribution is -0.142. The third kappa shape index (κ3) is 3.63. The summed E-state index contributed by atoms with van der Waals surface area (Å²) in [6.45, 7) is 11.5. The largest absolute Gasteiger partial charge is 0.340 e. The van der Waals surface area contributed by atoms with Gasteiger partial charge in [-0.2, -0.15) is 5.10 Å². The van der Waals surface area contributed by atoms with Gasteiger partial charge in [0, 0.05) is 51.3 Å². The van der Waals surface area contributed by atoms with E-state index in [2.05, 4.69) is 10.00 Å². The average Bonchev–Trinajstić information content (AvgIpc) is 2.92. The van der Waals surface area contributed by atoms with Crippen LogP contribution in [0.4, 0.5) is 5.82 Å². The SMILES string of the molecule is Cc1cc(N2CCC[C@@H](N3CCN(C(=O)C(C)(C)C)CC3)C2=O)n(C)n1. The molecule has 0 unspecified atom stereocenters. The molecule has 2 fully saturated rings. The molecule has 0 saturated carbocycles. The van der Waals surface area contributed by atoms with Gasteiger partial charge in [0.05, 0.1) is 11.7 Å². The highest BCUT2D eigenvalue weighted by Crippen LogP contribution is 2.26. The number of piperidine rings is 1. The normalized spacial score (nSPS) is 22.8. The lowest BCUT2D eigenvalue weighted by Crippen LogP contribution is -2.59. The summed E-state index contributed by atoms with van der Waals surface area (Å²) in [7, 11) is 1.89. The number of aryl methyl sites for hydroxylation is 2. The van der Waals surface area contributed by atoms with E-state index in [0.717, 1.165) is 44.0 Å². The second-order valence-electron chi connectivity index (χ2n) is 8.49. The van der Waals surface area contributed by atoms with Crippen LogP contribution in [0.3, 0.4) is 0 Å². The molecule has 0 bridgehead atoms. The number of amides is 2. The van der Waals surface area contributed by atoms with Gasteiger partial charge in [0.2, 0.25) is 11.8 Å². The number of nitrogens with zero attached hydrogens (tertiary/aromatic N) is 5. The Labute approximate surface area is 155 Å². The maximum absolute atomic E-state index is 13.1. The summed E-state index contributed by atoms with van der Waals surface area (Å²) in [5.74, 6) is 1.23. The summed E-state index contributed by atoms with van der Waals surface area (Å²) in [5, 5.41) is 4.38. The number of hydrogen-bond donors (Lipinski definition) is 0. The van der Waals surface area contributed by atoms with E-state index in [-0.39, 0.29) is 23.3 Å². The predicted octanol–water partition coefficient (Wildman–Crippen LogP) is 1.41. The number of anilines is 1. The fraction of sp³-hybridized carbons (Fsp3) is 0.737. The summed E-state index contributed by atoms with van der Waals surface area (Å²) in [6.07, 6.45) is 1.88. The third-order valence-corrected chi connectivity index (χ3v) is 5.35. The number of hydrogen-bond acceptors (Lipinski definition) is 4. The Balaban J connectivity index is 1.66. The molecule has 3 rings (SSSR count). The predicted molar refractivity (Wildman–Crippen MR) is 101 cm³/mol. The van der Waals surface area contributed by atoms with Gasteiger partial charge < -0.3 is 4.90 Å². The van der Waals surface area contributed by atoms with E-state index >= 15 is 0 Å². The Morgan fingerprint density at radius 3 is 2.35 bits per heavy atom. The van der Waals surface area contributed by atoms with Crippen LogP contribution in [0.2, 0.25) is 0 Å². The first kappa shape index (κ1) is 18.9. The van der Waals surface area contributed by atoms with Gasteiger partial charge in [0.1, 0.15) is 5.82 Å². The summed E-state index contributed by atoms with van der Waals surface area (Å²) in [6, 6.07) is 1.88. The van der Waals surface area contributed by atoms with Crippen molar-refractivity contribution in [2.24, 2.45) is 12.5 Å². The molecule has 26 heavy (non-hydrogen) atoms. The lowest BCUT2D eigenvalue weighted by Gasteiger charge is -2.43. The van der Waals surface area contributed by atoms with Crippen molar-refractivity contribution in [1.82, 2.24) is 19.6 Å². The maximum Gasteiger partial charge on any atom is 0.245 e. The molecule has 3 heterocycles. The van der Waals surface area contributed by atoms with Crippen LogP contribution in [0.15, 0.2) is 6.07 Å². The molecule has 0 aliphatic carbocycles. The van der Waals surface area contributed by atoms with Crippen LogP contribution in [-0.2, 0) is 16.6 Å². The van der Waals surface area contributed by atoms with E-state index in [4.69, 9.17) is 0 Å². The zero-order valence-electron chi connectivity index (χ0n) is 16.7. The fourth-order valence-electron chi connectivity index (χ4n) is 3.98. The van der Waals surface area contributed by atoms with Gasteiger partial charge in [-0.15, -0.1) is 0 Å². The number of piperazine rings is 1. The van der Waals surface area contributed by atoms with Crippen molar-refractivity contribution in [1.29, 1.82) is 0 Å². The Kier molecular flexibility index (Phi) is 5.10. The van der Waals surface area contributed by atoms with Crippen LogP contribution < -0.4 is 4.90 Å². The van der Waals surface area contributed by atoms with Crippen molar-refractivity contribution in [3.63, 3.8) is 0 Å². The first-order valence-corrected chi connectivity index (χ1v) is 9.54. The maximum atomic E-state index is 13.1. The summed E-state index contributed by atoms with van der Waals surface area (Å²) in [5.41, 5.74) is 0.573. The van der Waals surface area contributed by atoms with Gasteiger partial charge in [-0.1, -0.05) is 20.8 Å². The Morgan fingerprint density at radius 1 is 1.15 bits per heavy atom. The van der Waals surface area contributed by atoms with E-state index in [0.29, 0.717) is 13.1 Å². The van der Waals surface area contributed by atoms with Crippen LogP contribution in [-0.4, -0.2) is 70.2 Å². The van der Waals surface area contributed by atoms with Crippen LogP contribution in [0.5, 0.6) is 0 Å². The Morgan fingerprint density at radius 2 is 1.81 bits per heavy atom. The molecule has 0 spiro atoms. The zero-order valence-corrected chi connectivity index (χ0v) is 16.7. The minimum Gasteiger partial charge on any atom is -0.340 e. The number of rotatable bonds is 2. The highest BCUT2D eigenvalue weighted by atomic mass is 16.2. The Bertz CT molecular complexity index is 683. The second-order valence-corrected chi connectivity index (χ2v) is 8.49. The third-order valence-electron chi connectivity index (χ3n) is 5.35. The molecule has 144 valence electrons.